The van der Waals surface area contributed by atoms with Gasteiger partial charge in [-0.15, -0.1) is 0 Å². The normalized spacial score (nSPS) is 12.0. The molecule has 0 radical (unpaired) electrons. The molecule has 24 heavy (non-hydrogen) atoms. The average Bonchev–Trinajstić information content (AvgIpc) is 2.59. The number of rotatable bonds is 9. The van der Waals surface area contributed by atoms with Crippen molar-refractivity contribution in [3.8, 4) is 0 Å². The lowest BCUT2D eigenvalue weighted by molar-refractivity contribution is -0.481. The van der Waals surface area contributed by atoms with Crippen LogP contribution in [0.15, 0.2) is 0 Å². The van der Waals surface area contributed by atoms with Crippen LogP contribution in [0.5, 0.6) is 0 Å². The van der Waals surface area contributed by atoms with Crippen LogP contribution in [0, 0.1) is 0 Å². The van der Waals surface area contributed by atoms with Gasteiger partial charge in [-0.1, -0.05) is 48.5 Å². The zero-order valence-electron chi connectivity index (χ0n) is 17.2. The van der Waals surface area contributed by atoms with E-state index in [1.807, 2.05) is 0 Å². The number of phosphoric acid groups is 1. The van der Waals surface area contributed by atoms with Crippen molar-refractivity contribution in [3.63, 3.8) is 0 Å². The monoisotopic (exact) mass is 370 g/mol. The second kappa shape index (κ2) is 15.3. The van der Waals surface area contributed by atoms with Crippen LogP contribution in [0.2, 0.25) is 0 Å². The molecule has 0 atom stereocenters. The first-order valence-electron chi connectivity index (χ1n) is 9.30. The molecule has 0 aliphatic carbocycles. The maximum absolute atomic E-state index is 9.64. The minimum atomic E-state index is -4.68. The highest BCUT2D eigenvalue weighted by Crippen LogP contribution is 2.23. The summed E-state index contributed by atoms with van der Waals surface area (Å²) in [6.07, 6.45) is 7.79. The fraction of sp³-hybridized carbons (Fsp3) is 1.00. The van der Waals surface area contributed by atoms with Gasteiger partial charge in [-0.3, -0.25) is 0 Å². The Morgan fingerprint density at radius 3 is 1.04 bits per heavy atom. The fourth-order valence-corrected chi connectivity index (χ4v) is 2.11. The lowest BCUT2D eigenvalue weighted by atomic mass is 9.92. The topological polar surface area (TPSA) is 128 Å². The second-order valence-corrected chi connectivity index (χ2v) is 7.55. The standard InChI is InChI=1S/2C7H17N.C3H9O4P/c2*1-4-7(8,5-2)6-3;1-2-3-7-8(4,5)6/h2*4-6,8H2,1-3H3;2-3H2,1H3,(H2,4,5,6). The summed E-state index contributed by atoms with van der Waals surface area (Å²) >= 11 is 0. The number of quaternary nitrogens is 2. The van der Waals surface area contributed by atoms with Crippen molar-refractivity contribution in [1.82, 2.24) is 0 Å². The lowest BCUT2D eigenvalue weighted by Crippen LogP contribution is -2.71. The van der Waals surface area contributed by atoms with Crippen molar-refractivity contribution in [3.05, 3.63) is 0 Å². The van der Waals surface area contributed by atoms with E-state index in [2.05, 4.69) is 57.5 Å². The third kappa shape index (κ3) is 18.4. The molecule has 7 heteroatoms. The van der Waals surface area contributed by atoms with E-state index in [4.69, 9.17) is 0 Å². The Labute approximate surface area is 150 Å². The van der Waals surface area contributed by atoms with Gasteiger partial charge < -0.3 is 30.3 Å². The summed E-state index contributed by atoms with van der Waals surface area (Å²) in [5, 5.41) is 0. The number of hydrogen-bond acceptors (Lipinski definition) is 4. The van der Waals surface area contributed by atoms with E-state index in [0.29, 0.717) is 17.5 Å². The molecule has 0 aromatic heterocycles. The van der Waals surface area contributed by atoms with E-state index in [1.165, 1.54) is 38.5 Å². The molecular formula is C17H43N2O4P. The molecule has 0 fully saturated rings. The molecule has 0 saturated heterocycles. The number of phosphoric ester groups is 1. The van der Waals surface area contributed by atoms with E-state index in [9.17, 15) is 14.4 Å². The van der Waals surface area contributed by atoms with Crippen LogP contribution in [0.25, 0.3) is 0 Å². The summed E-state index contributed by atoms with van der Waals surface area (Å²) in [4.78, 5) is 19.3. The van der Waals surface area contributed by atoms with Gasteiger partial charge in [-0.2, -0.15) is 0 Å². The van der Waals surface area contributed by atoms with Gasteiger partial charge in [-0.25, -0.2) is 0 Å². The van der Waals surface area contributed by atoms with E-state index in [-0.39, 0.29) is 6.61 Å². The van der Waals surface area contributed by atoms with Gasteiger partial charge in [0.2, 0.25) is 0 Å². The minimum Gasteiger partial charge on any atom is -0.790 e. The van der Waals surface area contributed by atoms with Gasteiger partial charge in [0.15, 0.2) is 0 Å². The highest BCUT2D eigenvalue weighted by atomic mass is 31.2. The van der Waals surface area contributed by atoms with Crippen LogP contribution in [0.1, 0.15) is 93.4 Å². The predicted octanol–water partition coefficient (Wildman–Crippen LogP) is 1.64. The average molecular weight is 371 g/mol. The fourth-order valence-electron chi connectivity index (χ4n) is 1.70. The Morgan fingerprint density at radius 2 is 1.00 bits per heavy atom. The molecule has 6 N–H and O–H groups in total. The van der Waals surface area contributed by atoms with E-state index < -0.39 is 7.82 Å². The molecule has 0 aromatic carbocycles. The van der Waals surface area contributed by atoms with Crippen molar-refractivity contribution in [1.29, 1.82) is 0 Å². The summed E-state index contributed by atoms with van der Waals surface area (Å²) in [5.41, 5.74) is 9.00. The molecule has 0 aliphatic heterocycles. The first-order valence-corrected chi connectivity index (χ1v) is 10.8. The molecule has 0 heterocycles. The Balaban J connectivity index is -0.000000276. The highest BCUT2D eigenvalue weighted by molar-refractivity contribution is 7.43. The molecule has 0 bridgehead atoms. The van der Waals surface area contributed by atoms with Gasteiger partial charge in [0.1, 0.15) is 0 Å². The Bertz CT molecular complexity index is 279. The van der Waals surface area contributed by atoms with E-state index >= 15 is 0 Å². The van der Waals surface area contributed by atoms with Gasteiger partial charge in [0, 0.05) is 0 Å². The first kappa shape index (κ1) is 28.8. The predicted molar refractivity (Wildman–Crippen MR) is 96.8 cm³/mol. The maximum atomic E-state index is 9.64. The van der Waals surface area contributed by atoms with Crippen molar-refractivity contribution in [2.45, 2.75) is 104 Å². The van der Waals surface area contributed by atoms with Gasteiger partial charge in [-0.05, 0) is 44.9 Å². The molecule has 0 rings (SSSR count). The summed E-state index contributed by atoms with van der Waals surface area (Å²) in [6.45, 7) is 15.0. The Hall–Kier alpha value is 0.0300. The van der Waals surface area contributed by atoms with Crippen LogP contribution in [-0.2, 0) is 9.09 Å². The largest absolute Gasteiger partial charge is 0.790 e. The van der Waals surface area contributed by atoms with Crippen LogP contribution in [0.3, 0.4) is 0 Å². The molecular weight excluding hydrogens is 327 g/mol. The maximum Gasteiger partial charge on any atom is 0.0937 e. The molecule has 0 unspecified atom stereocenters. The molecule has 0 amide bonds. The molecule has 150 valence electrons. The summed E-state index contributed by atoms with van der Waals surface area (Å²) < 4.78 is 13.5. The third-order valence-corrected chi connectivity index (χ3v) is 5.45. The number of hydrogen-bond donors (Lipinski definition) is 2. The van der Waals surface area contributed by atoms with Crippen LogP contribution < -0.4 is 21.3 Å². The quantitative estimate of drug-likeness (QED) is 0.598. The highest BCUT2D eigenvalue weighted by Gasteiger charge is 2.21. The SMILES string of the molecule is CCC([NH3+])(CC)CC.CCC([NH3+])(CC)CC.CCCOP(=O)([O-])[O-]. The summed E-state index contributed by atoms with van der Waals surface area (Å²) in [5.74, 6) is 0. The third-order valence-electron chi connectivity index (χ3n) is 4.95. The van der Waals surface area contributed by atoms with Crippen molar-refractivity contribution < 1.29 is 30.3 Å². The zero-order chi connectivity index (χ0) is 19.9. The molecule has 0 aromatic rings. The van der Waals surface area contributed by atoms with Crippen LogP contribution >= 0.6 is 7.82 Å². The van der Waals surface area contributed by atoms with Gasteiger partial charge >= 0.3 is 0 Å². The van der Waals surface area contributed by atoms with Crippen molar-refractivity contribution >= 4 is 7.82 Å². The second-order valence-electron chi connectivity index (χ2n) is 6.40. The van der Waals surface area contributed by atoms with E-state index in [1.54, 1.807) is 6.92 Å². The Morgan fingerprint density at radius 1 is 0.750 bits per heavy atom. The van der Waals surface area contributed by atoms with Crippen molar-refractivity contribution in [2.75, 3.05) is 6.61 Å². The van der Waals surface area contributed by atoms with Crippen LogP contribution in [-0.4, -0.2) is 17.7 Å². The van der Waals surface area contributed by atoms with E-state index in [0.717, 1.165) is 0 Å². The summed E-state index contributed by atoms with van der Waals surface area (Å²) in [6, 6.07) is 0. The van der Waals surface area contributed by atoms with Crippen LogP contribution in [0.4, 0.5) is 0 Å². The van der Waals surface area contributed by atoms with Gasteiger partial charge in [0.05, 0.1) is 25.5 Å². The van der Waals surface area contributed by atoms with Gasteiger partial charge in [0.25, 0.3) is 0 Å². The lowest BCUT2D eigenvalue weighted by Gasteiger charge is -2.28. The minimum absolute atomic E-state index is 0.00965. The first-order chi connectivity index (χ1) is 10.9. The smallest absolute Gasteiger partial charge is 0.0937 e. The Kier molecular flexibility index (Phi) is 18.4. The van der Waals surface area contributed by atoms with Crippen molar-refractivity contribution in [2.24, 2.45) is 0 Å². The molecule has 0 spiro atoms. The molecule has 0 saturated carbocycles. The summed E-state index contributed by atoms with van der Waals surface area (Å²) in [7, 11) is -4.68. The zero-order valence-corrected chi connectivity index (χ0v) is 18.0. The molecule has 0 aliphatic rings. The molecule has 6 nitrogen and oxygen atoms in total.